The highest BCUT2D eigenvalue weighted by Gasteiger charge is 2.00. The maximum Gasteiger partial charge on any atom is 0.159 e. The zero-order chi connectivity index (χ0) is 13.8. The molecule has 0 aliphatic heterocycles. The minimum absolute atomic E-state index is 0.635. The van der Waals surface area contributed by atoms with E-state index in [1.807, 2.05) is 49.3 Å². The summed E-state index contributed by atoms with van der Waals surface area (Å²) in [7, 11) is 3.96. The highest BCUT2D eigenvalue weighted by molar-refractivity contribution is 5.70. The van der Waals surface area contributed by atoms with Crippen LogP contribution in [-0.4, -0.2) is 14.1 Å². The molecule has 0 fully saturated rings. The van der Waals surface area contributed by atoms with Crippen LogP contribution in [-0.2, 0) is 0 Å². The van der Waals surface area contributed by atoms with E-state index in [1.165, 1.54) is 6.07 Å². The minimum atomic E-state index is -0.829. The number of benzene rings is 2. The van der Waals surface area contributed by atoms with Gasteiger partial charge in [0.1, 0.15) is 0 Å². The van der Waals surface area contributed by atoms with Gasteiger partial charge in [0, 0.05) is 19.8 Å². The molecule has 0 heterocycles. The van der Waals surface area contributed by atoms with Crippen molar-refractivity contribution in [1.29, 1.82) is 0 Å². The zero-order valence-corrected chi connectivity index (χ0v) is 10.9. The van der Waals surface area contributed by atoms with E-state index in [4.69, 9.17) is 0 Å². The summed E-state index contributed by atoms with van der Waals surface area (Å²) in [5.41, 5.74) is 2.76. The fraction of sp³-hybridized carbons (Fsp3) is 0.125. The maximum absolute atomic E-state index is 13.0. The molecule has 0 amide bonds. The monoisotopic (exact) mass is 259 g/mol. The molecular weight excluding hydrogens is 244 g/mol. The van der Waals surface area contributed by atoms with Gasteiger partial charge in [0.25, 0.3) is 0 Å². The van der Waals surface area contributed by atoms with E-state index in [-0.39, 0.29) is 0 Å². The Bertz CT molecular complexity index is 586. The van der Waals surface area contributed by atoms with Crippen molar-refractivity contribution in [3.8, 4) is 0 Å². The molecule has 0 aromatic heterocycles. The van der Waals surface area contributed by atoms with Crippen LogP contribution in [0.1, 0.15) is 11.1 Å². The van der Waals surface area contributed by atoms with Gasteiger partial charge in [-0.15, -0.1) is 0 Å². The van der Waals surface area contributed by atoms with Crippen molar-refractivity contribution < 1.29 is 8.78 Å². The Morgan fingerprint density at radius 3 is 1.95 bits per heavy atom. The normalized spacial score (nSPS) is 10.9. The first-order valence-electron chi connectivity index (χ1n) is 5.97. The van der Waals surface area contributed by atoms with Gasteiger partial charge in [0.05, 0.1) is 0 Å². The highest BCUT2D eigenvalue weighted by Crippen LogP contribution is 2.15. The summed E-state index contributed by atoms with van der Waals surface area (Å²) in [4.78, 5) is 2.02. The molecule has 19 heavy (non-hydrogen) atoms. The Balaban J connectivity index is 2.15. The molecule has 0 spiro atoms. The van der Waals surface area contributed by atoms with Gasteiger partial charge in [0.15, 0.2) is 11.6 Å². The van der Waals surface area contributed by atoms with Crippen LogP contribution >= 0.6 is 0 Å². The van der Waals surface area contributed by atoms with E-state index in [2.05, 4.69) is 0 Å². The Morgan fingerprint density at radius 1 is 0.789 bits per heavy atom. The second-order valence-corrected chi connectivity index (χ2v) is 4.49. The van der Waals surface area contributed by atoms with Crippen molar-refractivity contribution in [3.05, 3.63) is 65.2 Å². The average molecular weight is 259 g/mol. The molecule has 0 aliphatic rings. The van der Waals surface area contributed by atoms with Gasteiger partial charge in [-0.1, -0.05) is 30.4 Å². The molecule has 2 rings (SSSR count). The highest BCUT2D eigenvalue weighted by atomic mass is 19.2. The predicted molar refractivity (Wildman–Crippen MR) is 76.1 cm³/mol. The summed E-state index contributed by atoms with van der Waals surface area (Å²) in [6.45, 7) is 0. The molecule has 0 radical (unpaired) electrons. The van der Waals surface area contributed by atoms with E-state index in [9.17, 15) is 8.78 Å². The van der Waals surface area contributed by atoms with Crippen molar-refractivity contribution >= 4 is 17.8 Å². The molecule has 0 saturated carbocycles. The first-order chi connectivity index (χ1) is 9.06. The first-order valence-corrected chi connectivity index (χ1v) is 5.97. The van der Waals surface area contributed by atoms with Gasteiger partial charge in [0.2, 0.25) is 0 Å². The van der Waals surface area contributed by atoms with E-state index in [0.29, 0.717) is 5.56 Å². The molecule has 2 aromatic carbocycles. The summed E-state index contributed by atoms with van der Waals surface area (Å²) in [6.07, 6.45) is 3.62. The lowest BCUT2D eigenvalue weighted by atomic mass is 10.1. The third-order valence-electron chi connectivity index (χ3n) is 2.82. The molecule has 0 saturated heterocycles. The topological polar surface area (TPSA) is 3.24 Å². The number of rotatable bonds is 3. The van der Waals surface area contributed by atoms with E-state index >= 15 is 0 Å². The van der Waals surface area contributed by atoms with Gasteiger partial charge in [-0.2, -0.15) is 0 Å². The molecule has 0 N–H and O–H groups in total. The van der Waals surface area contributed by atoms with Crippen LogP contribution in [0.4, 0.5) is 14.5 Å². The summed E-state index contributed by atoms with van der Waals surface area (Å²) in [5.74, 6) is -1.66. The third-order valence-corrected chi connectivity index (χ3v) is 2.82. The predicted octanol–water partition coefficient (Wildman–Crippen LogP) is 4.20. The van der Waals surface area contributed by atoms with Crippen LogP contribution in [0.25, 0.3) is 12.2 Å². The molecular formula is C16H15F2N. The number of anilines is 1. The zero-order valence-electron chi connectivity index (χ0n) is 10.9. The molecule has 98 valence electrons. The van der Waals surface area contributed by atoms with E-state index < -0.39 is 11.6 Å². The Labute approximate surface area is 111 Å². The Morgan fingerprint density at radius 2 is 1.37 bits per heavy atom. The molecule has 0 atom stereocenters. The molecule has 2 aromatic rings. The lowest BCUT2D eigenvalue weighted by molar-refractivity contribution is 0.508. The summed E-state index contributed by atoms with van der Waals surface area (Å²) < 4.78 is 25.8. The van der Waals surface area contributed by atoms with Crippen LogP contribution in [0.3, 0.4) is 0 Å². The van der Waals surface area contributed by atoms with Crippen LogP contribution in [0.5, 0.6) is 0 Å². The quantitative estimate of drug-likeness (QED) is 0.747. The number of halogens is 2. The van der Waals surface area contributed by atoms with Crippen molar-refractivity contribution in [2.24, 2.45) is 0 Å². The summed E-state index contributed by atoms with van der Waals surface area (Å²) >= 11 is 0. The minimum Gasteiger partial charge on any atom is -0.378 e. The van der Waals surface area contributed by atoms with Crippen LogP contribution in [0.2, 0.25) is 0 Å². The van der Waals surface area contributed by atoms with Crippen molar-refractivity contribution in [2.45, 2.75) is 0 Å². The average Bonchev–Trinajstić information content (AvgIpc) is 2.40. The first kappa shape index (κ1) is 13.3. The Hall–Kier alpha value is -2.16. The lowest BCUT2D eigenvalue weighted by Gasteiger charge is -2.11. The van der Waals surface area contributed by atoms with Gasteiger partial charge in [-0.05, 0) is 35.4 Å². The SMILES string of the molecule is CN(C)c1ccc(/C=C/c2ccc(F)c(F)c2)cc1. The number of nitrogens with zero attached hydrogens (tertiary/aromatic N) is 1. The Kier molecular flexibility index (Phi) is 3.95. The lowest BCUT2D eigenvalue weighted by Crippen LogP contribution is -2.07. The molecule has 0 aliphatic carbocycles. The smallest absolute Gasteiger partial charge is 0.159 e. The molecule has 1 nitrogen and oxygen atoms in total. The van der Waals surface area contributed by atoms with Crippen LogP contribution < -0.4 is 4.90 Å². The number of hydrogen-bond donors (Lipinski definition) is 0. The van der Waals surface area contributed by atoms with Crippen LogP contribution in [0, 0.1) is 11.6 Å². The summed E-state index contributed by atoms with van der Waals surface area (Å²) in [5, 5.41) is 0. The van der Waals surface area contributed by atoms with Gasteiger partial charge < -0.3 is 4.90 Å². The second-order valence-electron chi connectivity index (χ2n) is 4.49. The van der Waals surface area contributed by atoms with Crippen molar-refractivity contribution in [1.82, 2.24) is 0 Å². The largest absolute Gasteiger partial charge is 0.378 e. The van der Waals surface area contributed by atoms with E-state index in [0.717, 1.165) is 17.3 Å². The van der Waals surface area contributed by atoms with Gasteiger partial charge in [-0.3, -0.25) is 0 Å². The van der Waals surface area contributed by atoms with Crippen LogP contribution in [0.15, 0.2) is 42.5 Å². The van der Waals surface area contributed by atoms with E-state index in [1.54, 1.807) is 12.1 Å². The summed E-state index contributed by atoms with van der Waals surface area (Å²) in [6, 6.07) is 11.8. The van der Waals surface area contributed by atoms with Crippen molar-refractivity contribution in [3.63, 3.8) is 0 Å². The molecule has 0 unspecified atom stereocenters. The molecule has 0 bridgehead atoms. The standard InChI is InChI=1S/C16H15F2N/c1-19(2)14-8-5-12(6-9-14)3-4-13-7-10-15(17)16(18)11-13/h3-11H,1-2H3/b4-3+. The molecule has 3 heteroatoms. The second kappa shape index (κ2) is 5.65. The van der Waals surface area contributed by atoms with Gasteiger partial charge in [-0.25, -0.2) is 8.78 Å². The number of hydrogen-bond acceptors (Lipinski definition) is 1. The fourth-order valence-electron chi connectivity index (χ4n) is 1.69. The third kappa shape index (κ3) is 3.41. The fourth-order valence-corrected chi connectivity index (χ4v) is 1.69. The van der Waals surface area contributed by atoms with Gasteiger partial charge >= 0.3 is 0 Å². The maximum atomic E-state index is 13.0. The van der Waals surface area contributed by atoms with Crippen molar-refractivity contribution in [2.75, 3.05) is 19.0 Å².